The number of aromatic nitrogens is 4. The van der Waals surface area contributed by atoms with Crippen LogP contribution >= 0.6 is 0 Å². The van der Waals surface area contributed by atoms with E-state index >= 15 is 0 Å². The third-order valence-electron chi connectivity index (χ3n) is 6.42. The van der Waals surface area contributed by atoms with Crippen molar-refractivity contribution in [2.75, 3.05) is 6.54 Å². The summed E-state index contributed by atoms with van der Waals surface area (Å²) >= 11 is 0. The molecule has 1 amide bonds. The maximum Gasteiger partial charge on any atom is 0.295 e. The van der Waals surface area contributed by atoms with Gasteiger partial charge < -0.3 is 19.0 Å². The van der Waals surface area contributed by atoms with Gasteiger partial charge in [0, 0.05) is 37.2 Å². The molecule has 8 nitrogen and oxygen atoms in total. The molecule has 0 saturated carbocycles. The number of fused-ring (bicyclic) bond motifs is 1. The Kier molecular flexibility index (Phi) is 5.68. The molecule has 0 bridgehead atoms. The number of benzene rings is 1. The number of carbonyl (C=O) groups excluding carboxylic acids is 2. The summed E-state index contributed by atoms with van der Waals surface area (Å²) in [6, 6.07) is 8.68. The lowest BCUT2D eigenvalue weighted by atomic mass is 9.96. The summed E-state index contributed by atoms with van der Waals surface area (Å²) in [5.74, 6) is -2.60. The van der Waals surface area contributed by atoms with E-state index in [-0.39, 0.29) is 23.4 Å². The molecule has 1 aliphatic rings. The van der Waals surface area contributed by atoms with Gasteiger partial charge in [0.1, 0.15) is 17.2 Å². The number of Topliss-reactive ketones (excluding diaryl/α,β-unsaturated/α-hetero) is 1. The second kappa shape index (κ2) is 8.83. The Morgan fingerprint density at radius 1 is 1.09 bits per heavy atom. The number of imidazole rings is 2. The number of likely N-dealkylation sites (tertiary alicyclic amines) is 1. The quantitative estimate of drug-likeness (QED) is 0.261. The molecule has 0 radical (unpaired) electrons. The van der Waals surface area contributed by atoms with Crippen molar-refractivity contribution in [2.24, 2.45) is 0 Å². The first-order chi connectivity index (χ1) is 16.9. The van der Waals surface area contributed by atoms with Gasteiger partial charge in [-0.3, -0.25) is 9.59 Å². The fourth-order valence-electron chi connectivity index (χ4n) is 4.65. The molecule has 35 heavy (non-hydrogen) atoms. The van der Waals surface area contributed by atoms with E-state index in [0.717, 1.165) is 5.56 Å². The van der Waals surface area contributed by atoms with Gasteiger partial charge in [-0.25, -0.2) is 14.4 Å². The van der Waals surface area contributed by atoms with Gasteiger partial charge >= 0.3 is 0 Å². The van der Waals surface area contributed by atoms with Gasteiger partial charge in [-0.1, -0.05) is 24.3 Å². The van der Waals surface area contributed by atoms with E-state index in [1.165, 1.54) is 17.0 Å². The number of pyridine rings is 1. The number of hydrogen-bond donors (Lipinski definition) is 1. The maximum absolute atomic E-state index is 15.0. The molecular weight excluding hydrogens is 449 g/mol. The van der Waals surface area contributed by atoms with Crippen LogP contribution in [0.2, 0.25) is 0 Å². The van der Waals surface area contributed by atoms with Crippen LogP contribution in [0.4, 0.5) is 4.39 Å². The van der Waals surface area contributed by atoms with E-state index in [1.807, 2.05) is 34.2 Å². The Balaban J connectivity index is 1.62. The molecule has 4 heterocycles. The molecule has 9 heteroatoms. The number of rotatable bonds is 6. The summed E-state index contributed by atoms with van der Waals surface area (Å²) in [6.07, 6.45) is 7.45. The van der Waals surface area contributed by atoms with Crippen LogP contribution in [0.3, 0.4) is 0 Å². The zero-order chi connectivity index (χ0) is 24.7. The van der Waals surface area contributed by atoms with Crippen LogP contribution in [-0.4, -0.2) is 47.2 Å². The summed E-state index contributed by atoms with van der Waals surface area (Å²) in [7, 11) is 0. The number of nitrogens with zero attached hydrogens (tertiary/aromatic N) is 5. The second-order valence-corrected chi connectivity index (χ2v) is 8.60. The Morgan fingerprint density at radius 3 is 2.60 bits per heavy atom. The molecule has 178 valence electrons. The van der Waals surface area contributed by atoms with Crippen molar-refractivity contribution in [1.29, 1.82) is 0 Å². The first kappa shape index (κ1) is 22.5. The van der Waals surface area contributed by atoms with Gasteiger partial charge in [0.25, 0.3) is 11.7 Å². The summed E-state index contributed by atoms with van der Waals surface area (Å²) in [5, 5.41) is 11.4. The smallest absolute Gasteiger partial charge is 0.295 e. The van der Waals surface area contributed by atoms with E-state index in [4.69, 9.17) is 0 Å². The molecule has 1 saturated heterocycles. The van der Waals surface area contributed by atoms with Gasteiger partial charge in [0.2, 0.25) is 0 Å². The number of aliphatic hydroxyl groups excluding tert-OH is 1. The molecular formula is C26H24FN5O3. The lowest BCUT2D eigenvalue weighted by Crippen LogP contribution is -2.31. The Hall–Kier alpha value is -4.27. The number of halogens is 1. The number of carbonyl (C=O) groups is 2. The normalized spacial score (nSPS) is 17.6. The van der Waals surface area contributed by atoms with Crippen LogP contribution in [-0.2, 0) is 16.1 Å². The van der Waals surface area contributed by atoms with Crippen molar-refractivity contribution < 1.29 is 19.1 Å². The molecule has 5 rings (SSSR count). The third kappa shape index (κ3) is 3.78. The minimum Gasteiger partial charge on any atom is -0.505 e. The SMILES string of the molecule is Cc1cccn2c(C)c(C(O)=C3C(=O)C(=O)N(CCCn4ccnc4)C3c3ccccc3F)nc12. The fraction of sp³-hybridized carbons (Fsp3) is 0.231. The molecule has 1 aliphatic heterocycles. The number of hydrogen-bond acceptors (Lipinski definition) is 5. The van der Waals surface area contributed by atoms with Crippen molar-refractivity contribution in [3.05, 3.63) is 95.2 Å². The van der Waals surface area contributed by atoms with Crippen LogP contribution in [0.25, 0.3) is 11.4 Å². The fourth-order valence-corrected chi connectivity index (χ4v) is 4.65. The predicted octanol–water partition coefficient (Wildman–Crippen LogP) is 3.80. The third-order valence-corrected chi connectivity index (χ3v) is 6.42. The minimum atomic E-state index is -1.07. The minimum absolute atomic E-state index is 0.147. The molecule has 0 spiro atoms. The number of aliphatic hydroxyl groups is 1. The van der Waals surface area contributed by atoms with Crippen molar-refractivity contribution in [3.8, 4) is 0 Å². The van der Waals surface area contributed by atoms with Crippen LogP contribution in [0.1, 0.15) is 35.0 Å². The monoisotopic (exact) mass is 473 g/mol. The van der Waals surface area contributed by atoms with Gasteiger partial charge in [-0.05, 0) is 38.0 Å². The summed E-state index contributed by atoms with van der Waals surface area (Å²) in [6.45, 7) is 4.43. The first-order valence-electron chi connectivity index (χ1n) is 11.3. The lowest BCUT2D eigenvalue weighted by Gasteiger charge is -2.25. The molecule has 3 aromatic heterocycles. The average Bonchev–Trinajstić information content (AvgIpc) is 3.54. The van der Waals surface area contributed by atoms with Crippen molar-refractivity contribution in [1.82, 2.24) is 23.8 Å². The number of aryl methyl sites for hydroxylation is 3. The topological polar surface area (TPSA) is 92.7 Å². The predicted molar refractivity (Wildman–Crippen MR) is 127 cm³/mol. The highest BCUT2D eigenvalue weighted by molar-refractivity contribution is 6.46. The van der Waals surface area contributed by atoms with Gasteiger partial charge in [-0.15, -0.1) is 0 Å². The van der Waals surface area contributed by atoms with Gasteiger partial charge in [-0.2, -0.15) is 0 Å². The molecule has 4 aromatic rings. The Labute approximate surface area is 201 Å². The zero-order valence-corrected chi connectivity index (χ0v) is 19.3. The van der Waals surface area contributed by atoms with Crippen LogP contribution in [0.5, 0.6) is 0 Å². The summed E-state index contributed by atoms with van der Waals surface area (Å²) in [5.41, 5.74) is 2.31. The lowest BCUT2D eigenvalue weighted by molar-refractivity contribution is -0.140. The van der Waals surface area contributed by atoms with E-state index < -0.39 is 29.3 Å². The maximum atomic E-state index is 15.0. The first-order valence-corrected chi connectivity index (χ1v) is 11.3. The molecule has 1 N–H and O–H groups in total. The van der Waals surface area contributed by atoms with E-state index in [2.05, 4.69) is 9.97 Å². The number of ketones is 1. The van der Waals surface area contributed by atoms with E-state index in [1.54, 1.807) is 37.8 Å². The Morgan fingerprint density at radius 2 is 1.89 bits per heavy atom. The van der Waals surface area contributed by atoms with Crippen LogP contribution in [0.15, 0.2) is 66.9 Å². The average molecular weight is 474 g/mol. The standard InChI is InChI=1S/C26H24FN5O3/c1-16-7-5-12-31-17(2)21(29-25(16)31)23(33)20-22(18-8-3-4-9-19(18)27)32(26(35)24(20)34)13-6-11-30-14-10-28-15-30/h3-5,7-10,12,14-15,22,33H,6,11,13H2,1-2H3. The highest BCUT2D eigenvalue weighted by atomic mass is 19.1. The highest BCUT2D eigenvalue weighted by Gasteiger charge is 2.47. The zero-order valence-electron chi connectivity index (χ0n) is 19.3. The second-order valence-electron chi connectivity index (χ2n) is 8.60. The van der Waals surface area contributed by atoms with E-state index in [0.29, 0.717) is 24.3 Å². The number of amides is 1. The highest BCUT2D eigenvalue weighted by Crippen LogP contribution is 2.40. The van der Waals surface area contributed by atoms with E-state index in [9.17, 15) is 19.1 Å². The molecule has 0 aliphatic carbocycles. The largest absolute Gasteiger partial charge is 0.505 e. The van der Waals surface area contributed by atoms with Crippen LogP contribution < -0.4 is 0 Å². The van der Waals surface area contributed by atoms with Crippen LogP contribution in [0, 0.1) is 19.7 Å². The van der Waals surface area contributed by atoms with Crippen molar-refractivity contribution in [3.63, 3.8) is 0 Å². The summed E-state index contributed by atoms with van der Waals surface area (Å²) in [4.78, 5) is 36.2. The molecule has 1 fully saturated rings. The van der Waals surface area contributed by atoms with Crippen molar-refractivity contribution in [2.45, 2.75) is 32.9 Å². The van der Waals surface area contributed by atoms with Gasteiger partial charge in [0.05, 0.1) is 23.6 Å². The van der Waals surface area contributed by atoms with Crippen molar-refractivity contribution >= 4 is 23.1 Å². The molecule has 1 unspecified atom stereocenters. The molecule has 1 aromatic carbocycles. The Bertz CT molecular complexity index is 1470. The summed E-state index contributed by atoms with van der Waals surface area (Å²) < 4.78 is 18.6. The molecule has 1 atom stereocenters. The van der Waals surface area contributed by atoms with Gasteiger partial charge in [0.15, 0.2) is 5.76 Å².